The average Bonchev–Trinajstić information content (AvgIpc) is 3.19. The maximum absolute atomic E-state index is 11.6. The third-order valence-corrected chi connectivity index (χ3v) is 3.93. The molecule has 1 saturated heterocycles. The highest BCUT2D eigenvalue weighted by Crippen LogP contribution is 2.18. The fourth-order valence-corrected chi connectivity index (χ4v) is 2.48. The minimum absolute atomic E-state index is 0.222. The highest BCUT2D eigenvalue weighted by molar-refractivity contribution is 5.76. The Morgan fingerprint density at radius 3 is 2.78 bits per heavy atom. The van der Waals surface area contributed by atoms with E-state index in [2.05, 4.69) is 22.6 Å². The molecule has 0 aromatic carbocycles. The van der Waals surface area contributed by atoms with E-state index in [0.717, 1.165) is 13.1 Å². The zero-order valence-corrected chi connectivity index (χ0v) is 11.6. The maximum Gasteiger partial charge on any atom is 0.221 e. The normalized spacial score (nSPS) is 24.2. The molecule has 0 bridgehead atoms. The van der Waals surface area contributed by atoms with Gasteiger partial charge in [-0.15, -0.1) is 0 Å². The Labute approximate surface area is 110 Å². The van der Waals surface area contributed by atoms with E-state index < -0.39 is 0 Å². The molecule has 0 spiro atoms. The van der Waals surface area contributed by atoms with Gasteiger partial charge in [-0.3, -0.25) is 4.79 Å². The van der Waals surface area contributed by atoms with Crippen molar-refractivity contribution in [2.75, 3.05) is 26.7 Å². The summed E-state index contributed by atoms with van der Waals surface area (Å²) in [5.74, 6) is 0.222. The van der Waals surface area contributed by atoms with Gasteiger partial charge in [0.05, 0.1) is 0 Å². The first-order chi connectivity index (χ1) is 8.74. The summed E-state index contributed by atoms with van der Waals surface area (Å²) in [6, 6.07) is 1.19. The second-order valence-corrected chi connectivity index (χ2v) is 5.83. The number of hydrogen-bond acceptors (Lipinski definition) is 3. The number of amides is 1. The van der Waals surface area contributed by atoms with Gasteiger partial charge in [-0.1, -0.05) is 6.42 Å². The molecule has 2 N–H and O–H groups in total. The highest BCUT2D eigenvalue weighted by atomic mass is 16.1. The van der Waals surface area contributed by atoms with Crippen molar-refractivity contribution in [3.05, 3.63) is 0 Å². The monoisotopic (exact) mass is 253 g/mol. The molecule has 1 heterocycles. The van der Waals surface area contributed by atoms with Gasteiger partial charge in [-0.25, -0.2) is 0 Å². The minimum atomic E-state index is 0.222. The largest absolute Gasteiger partial charge is 0.353 e. The molecular formula is C14H27N3O. The summed E-state index contributed by atoms with van der Waals surface area (Å²) in [5, 5.41) is 6.60. The smallest absolute Gasteiger partial charge is 0.221 e. The average molecular weight is 253 g/mol. The van der Waals surface area contributed by atoms with Crippen molar-refractivity contribution in [1.82, 2.24) is 15.5 Å². The lowest BCUT2D eigenvalue weighted by molar-refractivity contribution is -0.121. The first-order valence-electron chi connectivity index (χ1n) is 7.45. The van der Waals surface area contributed by atoms with E-state index in [0.29, 0.717) is 18.5 Å². The summed E-state index contributed by atoms with van der Waals surface area (Å²) in [6.07, 6.45) is 8.21. The Hall–Kier alpha value is -0.610. The molecule has 2 fully saturated rings. The molecule has 104 valence electrons. The predicted molar refractivity (Wildman–Crippen MR) is 73.5 cm³/mol. The number of carbonyl (C=O) groups excluding carboxylic acids is 1. The molecule has 1 aliphatic carbocycles. The van der Waals surface area contributed by atoms with Crippen LogP contribution in [0.5, 0.6) is 0 Å². The third-order valence-electron chi connectivity index (χ3n) is 3.93. The molecular weight excluding hydrogens is 226 g/mol. The SMILES string of the molecule is CN(CCC(=O)NC1CC1)CCC1CCCCN1. The third kappa shape index (κ3) is 5.36. The molecule has 1 atom stereocenters. The fraction of sp³-hybridized carbons (Fsp3) is 0.929. The number of rotatable bonds is 7. The van der Waals surface area contributed by atoms with E-state index in [1.165, 1.54) is 45.1 Å². The van der Waals surface area contributed by atoms with Gasteiger partial charge in [-0.2, -0.15) is 0 Å². The van der Waals surface area contributed by atoms with Gasteiger partial charge in [0.25, 0.3) is 0 Å². The van der Waals surface area contributed by atoms with Crippen molar-refractivity contribution in [2.24, 2.45) is 0 Å². The second-order valence-electron chi connectivity index (χ2n) is 5.83. The molecule has 1 unspecified atom stereocenters. The van der Waals surface area contributed by atoms with Gasteiger partial charge in [0.1, 0.15) is 0 Å². The topological polar surface area (TPSA) is 44.4 Å². The first-order valence-corrected chi connectivity index (χ1v) is 7.45. The van der Waals surface area contributed by atoms with Crippen LogP contribution in [-0.4, -0.2) is 49.6 Å². The summed E-state index contributed by atoms with van der Waals surface area (Å²) < 4.78 is 0. The molecule has 1 amide bonds. The van der Waals surface area contributed by atoms with Crippen LogP contribution in [0.15, 0.2) is 0 Å². The van der Waals surface area contributed by atoms with Crippen molar-refractivity contribution >= 4 is 5.91 Å². The van der Waals surface area contributed by atoms with Gasteiger partial charge in [-0.05, 0) is 52.2 Å². The fourth-order valence-electron chi connectivity index (χ4n) is 2.48. The number of piperidine rings is 1. The zero-order valence-electron chi connectivity index (χ0n) is 11.6. The van der Waals surface area contributed by atoms with Crippen LogP contribution < -0.4 is 10.6 Å². The standard InChI is InChI=1S/C14H27N3O/c1-17(10-7-12-4-2-3-9-15-12)11-8-14(18)16-13-5-6-13/h12-13,15H,2-11H2,1H3,(H,16,18). The van der Waals surface area contributed by atoms with E-state index in [9.17, 15) is 4.79 Å². The predicted octanol–water partition coefficient (Wildman–Crippen LogP) is 1.12. The lowest BCUT2D eigenvalue weighted by Gasteiger charge is -2.25. The van der Waals surface area contributed by atoms with Crippen LogP contribution in [0.25, 0.3) is 0 Å². The van der Waals surface area contributed by atoms with Crippen LogP contribution in [0.2, 0.25) is 0 Å². The molecule has 0 aromatic rings. The Balaban J connectivity index is 1.50. The quantitative estimate of drug-likeness (QED) is 0.714. The first kappa shape index (κ1) is 13.8. The van der Waals surface area contributed by atoms with E-state index in [-0.39, 0.29) is 5.91 Å². The lowest BCUT2D eigenvalue weighted by Crippen LogP contribution is -2.37. The van der Waals surface area contributed by atoms with Gasteiger partial charge in [0.2, 0.25) is 5.91 Å². The molecule has 4 heteroatoms. The maximum atomic E-state index is 11.6. The number of nitrogens with zero attached hydrogens (tertiary/aromatic N) is 1. The highest BCUT2D eigenvalue weighted by Gasteiger charge is 2.23. The van der Waals surface area contributed by atoms with Crippen LogP contribution in [0.1, 0.15) is 44.9 Å². The molecule has 1 saturated carbocycles. The molecule has 0 radical (unpaired) electrons. The molecule has 2 aliphatic rings. The lowest BCUT2D eigenvalue weighted by atomic mass is 10.0. The van der Waals surface area contributed by atoms with Crippen LogP contribution in [-0.2, 0) is 4.79 Å². The van der Waals surface area contributed by atoms with Gasteiger partial charge >= 0.3 is 0 Å². The van der Waals surface area contributed by atoms with Crippen molar-refractivity contribution < 1.29 is 4.79 Å². The van der Waals surface area contributed by atoms with E-state index in [1.54, 1.807) is 0 Å². The van der Waals surface area contributed by atoms with Gasteiger partial charge in [0.15, 0.2) is 0 Å². The molecule has 4 nitrogen and oxygen atoms in total. The zero-order chi connectivity index (χ0) is 12.8. The second kappa shape index (κ2) is 7.10. The summed E-state index contributed by atoms with van der Waals surface area (Å²) >= 11 is 0. The number of hydrogen-bond donors (Lipinski definition) is 2. The Morgan fingerprint density at radius 1 is 1.28 bits per heavy atom. The van der Waals surface area contributed by atoms with E-state index >= 15 is 0 Å². The van der Waals surface area contributed by atoms with Crippen LogP contribution in [0.3, 0.4) is 0 Å². The molecule has 0 aromatic heterocycles. The van der Waals surface area contributed by atoms with Crippen LogP contribution in [0, 0.1) is 0 Å². The molecule has 18 heavy (non-hydrogen) atoms. The summed E-state index contributed by atoms with van der Waals surface area (Å²) in [5.41, 5.74) is 0. The van der Waals surface area contributed by atoms with Crippen molar-refractivity contribution in [1.29, 1.82) is 0 Å². The van der Waals surface area contributed by atoms with Crippen molar-refractivity contribution in [2.45, 2.75) is 57.0 Å². The number of nitrogens with one attached hydrogen (secondary N) is 2. The Morgan fingerprint density at radius 2 is 2.11 bits per heavy atom. The Bertz CT molecular complexity index is 260. The minimum Gasteiger partial charge on any atom is -0.353 e. The van der Waals surface area contributed by atoms with Crippen molar-refractivity contribution in [3.8, 4) is 0 Å². The van der Waals surface area contributed by atoms with E-state index in [4.69, 9.17) is 0 Å². The van der Waals surface area contributed by atoms with Gasteiger partial charge < -0.3 is 15.5 Å². The Kier molecular flexibility index (Phi) is 5.45. The summed E-state index contributed by atoms with van der Waals surface area (Å²) in [7, 11) is 2.12. The summed E-state index contributed by atoms with van der Waals surface area (Å²) in [4.78, 5) is 13.8. The summed E-state index contributed by atoms with van der Waals surface area (Å²) in [6.45, 7) is 3.15. The van der Waals surface area contributed by atoms with Gasteiger partial charge in [0, 0.05) is 25.0 Å². The van der Waals surface area contributed by atoms with E-state index in [1.807, 2.05) is 0 Å². The number of carbonyl (C=O) groups is 1. The molecule has 2 rings (SSSR count). The van der Waals surface area contributed by atoms with Crippen LogP contribution in [0.4, 0.5) is 0 Å². The van der Waals surface area contributed by atoms with Crippen molar-refractivity contribution in [3.63, 3.8) is 0 Å². The van der Waals surface area contributed by atoms with Crippen LogP contribution >= 0.6 is 0 Å². The molecule has 1 aliphatic heterocycles.